The van der Waals surface area contributed by atoms with Gasteiger partial charge in [-0.25, -0.2) is 4.98 Å². The zero-order valence-electron chi connectivity index (χ0n) is 20.1. The van der Waals surface area contributed by atoms with Gasteiger partial charge >= 0.3 is 0 Å². The molecule has 0 bridgehead atoms. The fourth-order valence-corrected chi connectivity index (χ4v) is 5.53. The smallest absolute Gasteiger partial charge is 0.145 e. The quantitative estimate of drug-likeness (QED) is 0.252. The van der Waals surface area contributed by atoms with Crippen molar-refractivity contribution in [2.75, 3.05) is 0 Å². The third kappa shape index (κ3) is 3.06. The molecule has 0 saturated heterocycles. The monoisotopic (exact) mass is 440 g/mol. The molecule has 2 heterocycles. The van der Waals surface area contributed by atoms with Crippen molar-refractivity contribution < 1.29 is 0 Å². The summed E-state index contributed by atoms with van der Waals surface area (Å²) in [5.74, 6) is 0.419. The van der Waals surface area contributed by atoms with Crippen molar-refractivity contribution in [2.45, 2.75) is 33.6 Å². The topological polar surface area (TPSA) is 17.3 Å². The van der Waals surface area contributed by atoms with Crippen molar-refractivity contribution in [2.24, 2.45) is 0 Å². The van der Waals surface area contributed by atoms with Gasteiger partial charge in [-0.2, -0.15) is 0 Å². The maximum atomic E-state index is 5.04. The number of hydrogen-bond donors (Lipinski definition) is 0. The number of imidazole rings is 1. The second kappa shape index (κ2) is 7.85. The van der Waals surface area contributed by atoms with E-state index in [1.807, 2.05) is 0 Å². The molecule has 2 aromatic heterocycles. The Morgan fingerprint density at radius 3 is 2.12 bits per heavy atom. The third-order valence-electron chi connectivity index (χ3n) is 7.04. The number of nitrogens with zero attached hydrogens (tertiary/aromatic N) is 2. The molecular formula is C32H28N2. The van der Waals surface area contributed by atoms with Crippen LogP contribution in [0.4, 0.5) is 0 Å². The molecule has 0 aliphatic rings. The van der Waals surface area contributed by atoms with Gasteiger partial charge in [0.05, 0.1) is 17.4 Å². The van der Waals surface area contributed by atoms with Gasteiger partial charge in [-0.05, 0) is 59.0 Å². The van der Waals surface area contributed by atoms with E-state index < -0.39 is 0 Å². The largest absolute Gasteiger partial charge is 0.292 e. The summed E-state index contributed by atoms with van der Waals surface area (Å²) in [6.07, 6.45) is 2.07. The Bertz CT molecular complexity index is 1660. The van der Waals surface area contributed by atoms with Crippen molar-refractivity contribution in [3.05, 3.63) is 108 Å². The number of pyridine rings is 1. The molecule has 0 saturated carbocycles. The Morgan fingerprint density at radius 1 is 0.706 bits per heavy atom. The molecule has 0 aliphatic heterocycles. The Hall–Kier alpha value is -3.91. The standard InChI is InChI=1S/C32H28N2/c1-20(2)25-14-10-15-27-26-13-8-9-16-28(26)34-29(19-33-32(34)31(25)27)30-21(3)17-24(18-22(30)4)23-11-6-5-7-12-23/h5-20H,1-4H3. The summed E-state index contributed by atoms with van der Waals surface area (Å²) in [6.45, 7) is 8.97. The molecule has 0 unspecified atom stereocenters. The number of rotatable bonds is 3. The Morgan fingerprint density at radius 2 is 1.38 bits per heavy atom. The maximum absolute atomic E-state index is 5.04. The minimum absolute atomic E-state index is 0.419. The fraction of sp³-hybridized carbons (Fsp3) is 0.156. The normalized spacial score (nSPS) is 11.8. The number of hydrogen-bond acceptors (Lipinski definition) is 1. The lowest BCUT2D eigenvalue weighted by Crippen LogP contribution is -1.99. The summed E-state index contributed by atoms with van der Waals surface area (Å²) in [4.78, 5) is 5.04. The van der Waals surface area contributed by atoms with Crippen molar-refractivity contribution in [3.8, 4) is 22.4 Å². The summed E-state index contributed by atoms with van der Waals surface area (Å²) in [7, 11) is 0. The highest BCUT2D eigenvalue weighted by atomic mass is 15.0. The van der Waals surface area contributed by atoms with E-state index in [1.54, 1.807) is 0 Å². The molecule has 0 radical (unpaired) electrons. The molecule has 0 amide bonds. The predicted octanol–water partition coefficient (Wildman–Crippen LogP) is 8.71. The first-order valence-corrected chi connectivity index (χ1v) is 12.0. The van der Waals surface area contributed by atoms with E-state index in [2.05, 4.69) is 123 Å². The van der Waals surface area contributed by atoms with Crippen molar-refractivity contribution >= 4 is 27.3 Å². The number of para-hydroxylation sites is 1. The van der Waals surface area contributed by atoms with E-state index >= 15 is 0 Å². The lowest BCUT2D eigenvalue weighted by atomic mass is 9.93. The zero-order chi connectivity index (χ0) is 23.4. The van der Waals surface area contributed by atoms with Crippen LogP contribution in [0.2, 0.25) is 0 Å². The lowest BCUT2D eigenvalue weighted by molar-refractivity contribution is 0.876. The van der Waals surface area contributed by atoms with E-state index in [1.165, 1.54) is 55.1 Å². The van der Waals surface area contributed by atoms with Crippen LogP contribution in [-0.2, 0) is 0 Å². The van der Waals surface area contributed by atoms with Gasteiger partial charge < -0.3 is 0 Å². The highest BCUT2D eigenvalue weighted by Crippen LogP contribution is 2.39. The summed E-state index contributed by atoms with van der Waals surface area (Å²) >= 11 is 0. The van der Waals surface area contributed by atoms with Crippen LogP contribution in [0.5, 0.6) is 0 Å². The first-order chi connectivity index (χ1) is 16.5. The second-order valence-electron chi connectivity index (χ2n) is 9.60. The first kappa shape index (κ1) is 20.7. The van der Waals surface area contributed by atoms with E-state index in [9.17, 15) is 0 Å². The number of aryl methyl sites for hydroxylation is 2. The average molecular weight is 441 g/mol. The van der Waals surface area contributed by atoms with Crippen LogP contribution in [0.1, 0.15) is 36.5 Å². The number of benzene rings is 4. The highest BCUT2D eigenvalue weighted by molar-refractivity contribution is 6.13. The van der Waals surface area contributed by atoms with Crippen LogP contribution in [0.25, 0.3) is 49.7 Å². The molecule has 2 nitrogen and oxygen atoms in total. The van der Waals surface area contributed by atoms with Crippen LogP contribution in [0.15, 0.2) is 91.1 Å². The average Bonchev–Trinajstić information content (AvgIpc) is 3.29. The van der Waals surface area contributed by atoms with Crippen molar-refractivity contribution in [1.29, 1.82) is 0 Å². The molecule has 2 heteroatoms. The molecular weight excluding hydrogens is 412 g/mol. The van der Waals surface area contributed by atoms with E-state index in [0.717, 1.165) is 11.3 Å². The molecule has 0 aliphatic carbocycles. The molecule has 6 aromatic rings. The van der Waals surface area contributed by atoms with Crippen LogP contribution < -0.4 is 0 Å². The molecule has 4 aromatic carbocycles. The van der Waals surface area contributed by atoms with Crippen molar-refractivity contribution in [1.82, 2.24) is 9.38 Å². The Labute approximate surface area is 200 Å². The van der Waals surface area contributed by atoms with Gasteiger partial charge in [0.25, 0.3) is 0 Å². The van der Waals surface area contributed by atoms with Crippen LogP contribution >= 0.6 is 0 Å². The van der Waals surface area contributed by atoms with Gasteiger partial charge in [0.15, 0.2) is 0 Å². The summed E-state index contributed by atoms with van der Waals surface area (Å²) in [5, 5.41) is 3.81. The Kier molecular flexibility index (Phi) is 4.77. The number of aromatic nitrogens is 2. The maximum Gasteiger partial charge on any atom is 0.145 e. The molecule has 34 heavy (non-hydrogen) atoms. The molecule has 0 atom stereocenters. The van der Waals surface area contributed by atoms with Crippen LogP contribution in [0.3, 0.4) is 0 Å². The highest BCUT2D eigenvalue weighted by Gasteiger charge is 2.19. The summed E-state index contributed by atoms with van der Waals surface area (Å²) < 4.78 is 2.38. The van der Waals surface area contributed by atoms with E-state index in [4.69, 9.17) is 4.98 Å². The second-order valence-corrected chi connectivity index (χ2v) is 9.60. The molecule has 6 rings (SSSR count). The van der Waals surface area contributed by atoms with Gasteiger partial charge in [-0.1, -0.05) is 92.7 Å². The van der Waals surface area contributed by atoms with E-state index in [0.29, 0.717) is 5.92 Å². The van der Waals surface area contributed by atoms with Gasteiger partial charge in [0.1, 0.15) is 5.65 Å². The molecule has 166 valence electrons. The molecule has 0 fully saturated rings. The first-order valence-electron chi connectivity index (χ1n) is 12.0. The third-order valence-corrected chi connectivity index (χ3v) is 7.04. The predicted molar refractivity (Wildman–Crippen MR) is 145 cm³/mol. The minimum atomic E-state index is 0.419. The van der Waals surface area contributed by atoms with E-state index in [-0.39, 0.29) is 0 Å². The SMILES string of the molecule is Cc1cc(-c2ccccc2)cc(C)c1-c1cnc2c3c(C(C)C)cccc3c3ccccc3n12. The van der Waals surface area contributed by atoms with Crippen molar-refractivity contribution in [3.63, 3.8) is 0 Å². The van der Waals surface area contributed by atoms with Gasteiger partial charge in [-0.3, -0.25) is 4.40 Å². The summed E-state index contributed by atoms with van der Waals surface area (Å²) in [6, 6.07) is 30.6. The number of fused-ring (bicyclic) bond motifs is 6. The Balaban J connectivity index is 1.71. The summed E-state index contributed by atoms with van der Waals surface area (Å²) in [5.41, 5.74) is 11.0. The zero-order valence-corrected chi connectivity index (χ0v) is 20.1. The van der Waals surface area contributed by atoms with Crippen LogP contribution in [-0.4, -0.2) is 9.38 Å². The van der Waals surface area contributed by atoms with Crippen LogP contribution in [0, 0.1) is 13.8 Å². The lowest BCUT2D eigenvalue weighted by Gasteiger charge is -2.17. The van der Waals surface area contributed by atoms with Gasteiger partial charge in [-0.15, -0.1) is 0 Å². The van der Waals surface area contributed by atoms with Gasteiger partial charge in [0, 0.05) is 16.3 Å². The molecule has 0 N–H and O–H groups in total. The molecule has 0 spiro atoms. The fourth-order valence-electron chi connectivity index (χ4n) is 5.53. The van der Waals surface area contributed by atoms with Gasteiger partial charge in [0.2, 0.25) is 0 Å². The minimum Gasteiger partial charge on any atom is -0.292 e.